The number of hydrogen-bond donors (Lipinski definition) is 0. The highest BCUT2D eigenvalue weighted by Gasteiger charge is 2.50. The summed E-state index contributed by atoms with van der Waals surface area (Å²) in [6, 6.07) is 8.53. The van der Waals surface area contributed by atoms with E-state index in [9.17, 15) is 4.79 Å². The predicted octanol–water partition coefficient (Wildman–Crippen LogP) is 4.58. The molecule has 4 saturated carbocycles. The van der Waals surface area contributed by atoms with E-state index in [0.29, 0.717) is 6.04 Å². The van der Waals surface area contributed by atoms with Crippen LogP contribution in [0.15, 0.2) is 24.3 Å². The molecule has 4 aliphatic rings. The van der Waals surface area contributed by atoms with Gasteiger partial charge in [0.05, 0.1) is 5.56 Å². The number of benzene rings is 1. The predicted molar refractivity (Wildman–Crippen MR) is 96.7 cm³/mol. The van der Waals surface area contributed by atoms with Gasteiger partial charge in [-0.25, -0.2) is 0 Å². The van der Waals surface area contributed by atoms with Crippen molar-refractivity contribution in [2.24, 2.45) is 23.7 Å². The summed E-state index contributed by atoms with van der Waals surface area (Å²) in [5.41, 5.74) is 0.888. The van der Waals surface area contributed by atoms with Crippen LogP contribution in [0.25, 0.3) is 0 Å². The molecule has 4 bridgehead atoms. The van der Waals surface area contributed by atoms with Gasteiger partial charge in [-0.1, -0.05) is 12.1 Å². The summed E-state index contributed by atoms with van der Waals surface area (Å²) >= 11 is 2.29. The third kappa shape index (κ3) is 2.40. The van der Waals surface area contributed by atoms with Crippen molar-refractivity contribution in [2.75, 3.05) is 6.54 Å². The smallest absolute Gasteiger partial charge is 0.255 e. The molecule has 3 heteroatoms. The fourth-order valence-electron chi connectivity index (χ4n) is 5.68. The van der Waals surface area contributed by atoms with E-state index in [-0.39, 0.29) is 5.91 Å². The molecule has 0 heterocycles. The van der Waals surface area contributed by atoms with Crippen LogP contribution in [0.2, 0.25) is 0 Å². The van der Waals surface area contributed by atoms with E-state index in [4.69, 9.17) is 0 Å². The first-order valence-corrected chi connectivity index (χ1v) is 9.80. The maximum atomic E-state index is 13.1. The lowest BCUT2D eigenvalue weighted by Crippen LogP contribution is -2.57. The van der Waals surface area contributed by atoms with Crippen LogP contribution in [0.5, 0.6) is 0 Å². The van der Waals surface area contributed by atoms with Gasteiger partial charge in [0.25, 0.3) is 5.91 Å². The molecule has 0 N–H and O–H groups in total. The maximum absolute atomic E-state index is 13.1. The summed E-state index contributed by atoms with van der Waals surface area (Å²) in [4.78, 5) is 15.4. The summed E-state index contributed by atoms with van der Waals surface area (Å²) in [5.74, 6) is 3.71. The first-order valence-electron chi connectivity index (χ1n) is 8.72. The van der Waals surface area contributed by atoms with Crippen molar-refractivity contribution >= 4 is 28.5 Å². The minimum Gasteiger partial charge on any atom is -0.335 e. The second kappa shape index (κ2) is 5.81. The van der Waals surface area contributed by atoms with Crippen LogP contribution in [0.4, 0.5) is 0 Å². The number of rotatable bonds is 3. The van der Waals surface area contributed by atoms with Gasteiger partial charge in [-0.15, -0.1) is 0 Å². The summed E-state index contributed by atoms with van der Waals surface area (Å²) < 4.78 is 1.08. The van der Waals surface area contributed by atoms with Crippen LogP contribution in [-0.2, 0) is 0 Å². The van der Waals surface area contributed by atoms with E-state index >= 15 is 0 Å². The zero-order chi connectivity index (χ0) is 15.3. The van der Waals surface area contributed by atoms with Crippen molar-refractivity contribution in [1.29, 1.82) is 0 Å². The van der Waals surface area contributed by atoms with Crippen molar-refractivity contribution in [3.63, 3.8) is 0 Å². The van der Waals surface area contributed by atoms with Gasteiger partial charge in [-0.3, -0.25) is 4.79 Å². The molecule has 4 fully saturated rings. The van der Waals surface area contributed by atoms with E-state index in [1.54, 1.807) is 0 Å². The van der Waals surface area contributed by atoms with E-state index in [0.717, 1.165) is 39.4 Å². The second-order valence-electron chi connectivity index (χ2n) is 7.49. The normalized spacial score (nSPS) is 35.6. The molecule has 0 saturated heterocycles. The van der Waals surface area contributed by atoms with Crippen LogP contribution in [0.3, 0.4) is 0 Å². The Bertz CT molecular complexity index is 557. The van der Waals surface area contributed by atoms with Gasteiger partial charge >= 0.3 is 0 Å². The summed E-state index contributed by atoms with van der Waals surface area (Å²) in [7, 11) is 0. The van der Waals surface area contributed by atoms with Crippen LogP contribution >= 0.6 is 22.6 Å². The Morgan fingerprint density at radius 2 is 1.68 bits per heavy atom. The third-order valence-electron chi connectivity index (χ3n) is 6.24. The molecule has 2 nitrogen and oxygen atoms in total. The SMILES string of the molecule is CCN(C(=O)c1ccccc1I)C1C2CC3CC(C2)CC1C3. The van der Waals surface area contributed by atoms with E-state index in [2.05, 4.69) is 34.4 Å². The molecule has 1 aromatic rings. The largest absolute Gasteiger partial charge is 0.335 e. The molecular weight excluding hydrogens is 385 g/mol. The molecule has 0 atom stereocenters. The number of carbonyl (C=O) groups excluding carboxylic acids is 1. The molecule has 0 aromatic heterocycles. The first-order chi connectivity index (χ1) is 10.7. The molecule has 22 heavy (non-hydrogen) atoms. The molecule has 1 amide bonds. The van der Waals surface area contributed by atoms with Crippen LogP contribution in [0, 0.1) is 27.2 Å². The Morgan fingerprint density at radius 3 is 2.23 bits per heavy atom. The highest BCUT2D eigenvalue weighted by molar-refractivity contribution is 14.1. The van der Waals surface area contributed by atoms with E-state index < -0.39 is 0 Å². The minimum absolute atomic E-state index is 0.255. The summed E-state index contributed by atoms with van der Waals surface area (Å²) in [5, 5.41) is 0. The fourth-order valence-corrected chi connectivity index (χ4v) is 6.30. The first kappa shape index (κ1) is 15.0. The Morgan fingerprint density at radius 1 is 1.09 bits per heavy atom. The lowest BCUT2D eigenvalue weighted by atomic mass is 9.54. The average molecular weight is 409 g/mol. The Balaban J connectivity index is 1.62. The summed E-state index contributed by atoms with van der Waals surface area (Å²) in [6.07, 6.45) is 6.94. The zero-order valence-corrected chi connectivity index (χ0v) is 15.3. The molecule has 0 spiro atoms. The van der Waals surface area contributed by atoms with Gasteiger partial charge in [0.15, 0.2) is 0 Å². The van der Waals surface area contributed by atoms with Crippen LogP contribution < -0.4 is 0 Å². The van der Waals surface area contributed by atoms with Gasteiger partial charge < -0.3 is 4.90 Å². The summed E-state index contributed by atoms with van der Waals surface area (Å²) in [6.45, 7) is 3.00. The van der Waals surface area contributed by atoms with Gasteiger partial charge in [0, 0.05) is 16.2 Å². The highest BCUT2D eigenvalue weighted by atomic mass is 127. The molecule has 5 rings (SSSR count). The van der Waals surface area contributed by atoms with Gasteiger partial charge in [0.1, 0.15) is 0 Å². The van der Waals surface area contributed by atoms with Crippen molar-refractivity contribution in [3.05, 3.63) is 33.4 Å². The Labute approximate surface area is 146 Å². The quantitative estimate of drug-likeness (QED) is 0.670. The number of carbonyl (C=O) groups is 1. The number of nitrogens with zero attached hydrogens (tertiary/aromatic N) is 1. The second-order valence-corrected chi connectivity index (χ2v) is 8.65. The Kier molecular flexibility index (Phi) is 3.95. The molecule has 0 radical (unpaired) electrons. The van der Waals surface area contributed by atoms with Gasteiger partial charge in [0.2, 0.25) is 0 Å². The number of halogens is 1. The molecule has 118 valence electrons. The molecule has 0 aliphatic heterocycles. The number of amides is 1. The van der Waals surface area contributed by atoms with E-state index in [1.165, 1.54) is 32.1 Å². The van der Waals surface area contributed by atoms with Crippen molar-refractivity contribution < 1.29 is 4.79 Å². The lowest BCUT2D eigenvalue weighted by molar-refractivity contribution is -0.0544. The Hall–Kier alpha value is -0.580. The lowest BCUT2D eigenvalue weighted by Gasteiger charge is -2.57. The topological polar surface area (TPSA) is 20.3 Å². The zero-order valence-electron chi connectivity index (χ0n) is 13.2. The van der Waals surface area contributed by atoms with Crippen molar-refractivity contribution in [2.45, 2.75) is 45.1 Å². The molecule has 1 aromatic carbocycles. The standard InChI is InChI=1S/C19H24INO/c1-2-21(19(22)16-5-3-4-6-17(16)20)18-14-8-12-7-13(10-14)11-15(18)9-12/h3-6,12-15,18H,2,7-11H2,1H3. The molecule has 0 unspecified atom stereocenters. The molecule has 4 aliphatic carbocycles. The third-order valence-corrected chi connectivity index (χ3v) is 7.18. The van der Waals surface area contributed by atoms with Crippen molar-refractivity contribution in [3.8, 4) is 0 Å². The monoisotopic (exact) mass is 409 g/mol. The van der Waals surface area contributed by atoms with Crippen LogP contribution in [-0.4, -0.2) is 23.4 Å². The van der Waals surface area contributed by atoms with E-state index in [1.807, 2.05) is 24.3 Å². The number of hydrogen-bond acceptors (Lipinski definition) is 1. The van der Waals surface area contributed by atoms with Gasteiger partial charge in [-0.05, 0) is 97.4 Å². The van der Waals surface area contributed by atoms with Gasteiger partial charge in [-0.2, -0.15) is 0 Å². The highest BCUT2D eigenvalue weighted by Crippen LogP contribution is 2.55. The molecular formula is C19H24INO. The average Bonchev–Trinajstić information content (AvgIpc) is 2.50. The maximum Gasteiger partial charge on any atom is 0.255 e. The fraction of sp³-hybridized carbons (Fsp3) is 0.632. The minimum atomic E-state index is 0.255. The van der Waals surface area contributed by atoms with Crippen molar-refractivity contribution in [1.82, 2.24) is 4.90 Å². The van der Waals surface area contributed by atoms with Crippen LogP contribution in [0.1, 0.15) is 49.4 Å².